The molecule has 0 spiro atoms. The number of hydrogen-bond donors (Lipinski definition) is 1. The fourth-order valence-electron chi connectivity index (χ4n) is 2.82. The van der Waals surface area contributed by atoms with Gasteiger partial charge >= 0.3 is 0 Å². The second kappa shape index (κ2) is 5.82. The minimum absolute atomic E-state index is 0.0779. The molecule has 1 aliphatic carbocycles. The fourth-order valence-corrected chi connectivity index (χ4v) is 2.82. The lowest BCUT2D eigenvalue weighted by Gasteiger charge is -2.29. The van der Waals surface area contributed by atoms with Crippen LogP contribution in [0.4, 0.5) is 0 Å². The first-order valence-corrected chi connectivity index (χ1v) is 7.61. The zero-order valence-corrected chi connectivity index (χ0v) is 13.1. The molecule has 1 atom stereocenters. The molecular formula is C15H27N3O2. The molecule has 1 fully saturated rings. The first-order valence-electron chi connectivity index (χ1n) is 7.61. The van der Waals surface area contributed by atoms with Gasteiger partial charge in [0.15, 0.2) is 0 Å². The molecule has 1 aromatic heterocycles. The SMILES string of the molecule is CCOC(c1noc(C2(N)CCCCC2)n1)C(C)(C)C. The zero-order chi connectivity index (χ0) is 14.8. The summed E-state index contributed by atoms with van der Waals surface area (Å²) in [7, 11) is 0. The van der Waals surface area contributed by atoms with E-state index in [4.69, 9.17) is 15.0 Å². The van der Waals surface area contributed by atoms with Crippen molar-refractivity contribution in [2.24, 2.45) is 11.1 Å². The van der Waals surface area contributed by atoms with E-state index in [-0.39, 0.29) is 11.5 Å². The lowest BCUT2D eigenvalue weighted by molar-refractivity contribution is -0.0203. The van der Waals surface area contributed by atoms with Crippen molar-refractivity contribution in [2.75, 3.05) is 6.61 Å². The lowest BCUT2D eigenvalue weighted by Crippen LogP contribution is -2.39. The van der Waals surface area contributed by atoms with Crippen molar-refractivity contribution in [3.8, 4) is 0 Å². The van der Waals surface area contributed by atoms with Gasteiger partial charge in [0, 0.05) is 6.61 Å². The highest BCUT2D eigenvalue weighted by atomic mass is 16.5. The molecule has 5 nitrogen and oxygen atoms in total. The molecule has 0 bridgehead atoms. The topological polar surface area (TPSA) is 74.2 Å². The van der Waals surface area contributed by atoms with E-state index in [2.05, 4.69) is 30.9 Å². The van der Waals surface area contributed by atoms with E-state index in [1.165, 1.54) is 6.42 Å². The molecule has 1 saturated carbocycles. The van der Waals surface area contributed by atoms with Crippen LogP contribution in [0.1, 0.15) is 77.6 Å². The second-order valence-electron chi connectivity index (χ2n) is 6.88. The second-order valence-corrected chi connectivity index (χ2v) is 6.88. The number of aromatic nitrogens is 2. The van der Waals surface area contributed by atoms with E-state index in [9.17, 15) is 0 Å². The highest BCUT2D eigenvalue weighted by Gasteiger charge is 2.38. The third kappa shape index (κ3) is 3.20. The lowest BCUT2D eigenvalue weighted by atomic mass is 9.82. The van der Waals surface area contributed by atoms with Gasteiger partial charge in [-0.2, -0.15) is 4.98 Å². The van der Waals surface area contributed by atoms with Crippen LogP contribution < -0.4 is 5.73 Å². The predicted molar refractivity (Wildman–Crippen MR) is 77.1 cm³/mol. The smallest absolute Gasteiger partial charge is 0.246 e. The molecule has 1 aromatic rings. The molecule has 5 heteroatoms. The molecular weight excluding hydrogens is 254 g/mol. The van der Waals surface area contributed by atoms with Crippen molar-refractivity contribution in [3.05, 3.63) is 11.7 Å². The molecule has 1 aliphatic rings. The highest BCUT2D eigenvalue weighted by Crippen LogP contribution is 2.37. The maximum atomic E-state index is 6.44. The summed E-state index contributed by atoms with van der Waals surface area (Å²) >= 11 is 0. The third-order valence-corrected chi connectivity index (χ3v) is 3.97. The summed E-state index contributed by atoms with van der Waals surface area (Å²) in [6.07, 6.45) is 5.17. The maximum absolute atomic E-state index is 6.44. The largest absolute Gasteiger partial charge is 0.370 e. The average Bonchev–Trinajstić information content (AvgIpc) is 2.85. The Labute approximate surface area is 121 Å². The van der Waals surface area contributed by atoms with Crippen LogP contribution in [0, 0.1) is 5.41 Å². The van der Waals surface area contributed by atoms with E-state index in [0.717, 1.165) is 25.7 Å². The number of rotatable bonds is 4. The maximum Gasteiger partial charge on any atom is 0.246 e. The van der Waals surface area contributed by atoms with Gasteiger partial charge in [-0.1, -0.05) is 45.2 Å². The van der Waals surface area contributed by atoms with Gasteiger partial charge in [0.1, 0.15) is 6.10 Å². The Morgan fingerprint density at radius 3 is 2.50 bits per heavy atom. The molecule has 0 aromatic carbocycles. The van der Waals surface area contributed by atoms with Gasteiger partial charge in [-0.05, 0) is 25.2 Å². The van der Waals surface area contributed by atoms with Crippen molar-refractivity contribution >= 4 is 0 Å². The normalized spacial score (nSPS) is 20.9. The van der Waals surface area contributed by atoms with Crippen LogP contribution >= 0.6 is 0 Å². The molecule has 20 heavy (non-hydrogen) atoms. The Morgan fingerprint density at radius 1 is 1.30 bits per heavy atom. The molecule has 0 amide bonds. The zero-order valence-electron chi connectivity index (χ0n) is 13.1. The average molecular weight is 281 g/mol. The van der Waals surface area contributed by atoms with Gasteiger partial charge in [0.05, 0.1) is 5.54 Å². The predicted octanol–water partition coefficient (Wildman–Crippen LogP) is 3.31. The minimum Gasteiger partial charge on any atom is -0.370 e. The van der Waals surface area contributed by atoms with Gasteiger partial charge in [0.2, 0.25) is 11.7 Å². The van der Waals surface area contributed by atoms with Crippen LogP contribution in [0.15, 0.2) is 4.52 Å². The summed E-state index contributed by atoms with van der Waals surface area (Å²) in [6.45, 7) is 8.94. The van der Waals surface area contributed by atoms with Crippen molar-refractivity contribution in [3.63, 3.8) is 0 Å². The van der Waals surface area contributed by atoms with Crippen LogP contribution in [0.3, 0.4) is 0 Å². The Morgan fingerprint density at radius 2 is 1.95 bits per heavy atom. The van der Waals surface area contributed by atoms with Crippen LogP contribution in [-0.2, 0) is 10.3 Å². The van der Waals surface area contributed by atoms with Crippen molar-refractivity contribution in [1.82, 2.24) is 10.1 Å². The molecule has 2 rings (SSSR count). The molecule has 1 unspecified atom stereocenters. The van der Waals surface area contributed by atoms with E-state index in [1.807, 2.05) is 6.92 Å². The monoisotopic (exact) mass is 281 g/mol. The third-order valence-electron chi connectivity index (χ3n) is 3.97. The van der Waals surface area contributed by atoms with E-state index < -0.39 is 5.54 Å². The summed E-state index contributed by atoms with van der Waals surface area (Å²) in [5, 5.41) is 4.13. The molecule has 0 saturated heterocycles. The summed E-state index contributed by atoms with van der Waals surface area (Å²) < 4.78 is 11.3. The van der Waals surface area contributed by atoms with Crippen molar-refractivity contribution < 1.29 is 9.26 Å². The quantitative estimate of drug-likeness (QED) is 0.916. The molecule has 2 N–H and O–H groups in total. The number of nitrogens with two attached hydrogens (primary N) is 1. The first-order chi connectivity index (χ1) is 9.37. The Kier molecular flexibility index (Phi) is 4.49. The van der Waals surface area contributed by atoms with E-state index in [0.29, 0.717) is 18.3 Å². The Balaban J connectivity index is 2.22. The van der Waals surface area contributed by atoms with Gasteiger partial charge in [-0.3, -0.25) is 0 Å². The summed E-state index contributed by atoms with van der Waals surface area (Å²) in [5.74, 6) is 1.19. The van der Waals surface area contributed by atoms with Crippen molar-refractivity contribution in [2.45, 2.75) is 71.4 Å². The minimum atomic E-state index is -0.446. The molecule has 1 heterocycles. The number of hydrogen-bond acceptors (Lipinski definition) is 5. The Hall–Kier alpha value is -0.940. The van der Waals surface area contributed by atoms with Crippen LogP contribution in [0.5, 0.6) is 0 Å². The van der Waals surface area contributed by atoms with Crippen molar-refractivity contribution in [1.29, 1.82) is 0 Å². The van der Waals surface area contributed by atoms with Crippen LogP contribution in [-0.4, -0.2) is 16.7 Å². The molecule has 114 valence electrons. The molecule has 0 aliphatic heterocycles. The first kappa shape index (κ1) is 15.4. The fraction of sp³-hybridized carbons (Fsp3) is 0.867. The number of ether oxygens (including phenoxy) is 1. The number of nitrogens with zero attached hydrogens (tertiary/aromatic N) is 2. The summed E-state index contributed by atoms with van der Waals surface area (Å²) in [6, 6.07) is 0. The Bertz CT molecular complexity index is 431. The molecule has 0 radical (unpaired) electrons. The van der Waals surface area contributed by atoms with E-state index >= 15 is 0 Å². The van der Waals surface area contributed by atoms with Gasteiger partial charge in [-0.15, -0.1) is 0 Å². The van der Waals surface area contributed by atoms with E-state index in [1.54, 1.807) is 0 Å². The van der Waals surface area contributed by atoms with Crippen LogP contribution in [0.25, 0.3) is 0 Å². The van der Waals surface area contributed by atoms with Gasteiger partial charge in [0.25, 0.3) is 0 Å². The summed E-state index contributed by atoms with van der Waals surface area (Å²) in [4.78, 5) is 4.56. The van der Waals surface area contributed by atoms with Crippen LogP contribution in [0.2, 0.25) is 0 Å². The standard InChI is InChI=1S/C15H27N3O2/c1-5-19-11(14(2,3)4)12-17-13(20-18-12)15(16)9-7-6-8-10-15/h11H,5-10,16H2,1-4H3. The van der Waals surface area contributed by atoms with Gasteiger partial charge < -0.3 is 15.0 Å². The van der Waals surface area contributed by atoms with Gasteiger partial charge in [-0.25, -0.2) is 0 Å². The summed E-state index contributed by atoms with van der Waals surface area (Å²) in [5.41, 5.74) is 5.92. The highest BCUT2D eigenvalue weighted by molar-refractivity contribution is 5.06.